The zero-order valence-corrected chi connectivity index (χ0v) is 12.8. The van der Waals surface area contributed by atoms with E-state index in [1.54, 1.807) is 6.07 Å². The van der Waals surface area contributed by atoms with Crippen molar-refractivity contribution < 1.29 is 19.4 Å². The van der Waals surface area contributed by atoms with Gasteiger partial charge in [0.05, 0.1) is 5.60 Å². The number of rotatable bonds is 3. The first-order valence-electron chi connectivity index (χ1n) is 6.31. The molecular formula is C14H20O4S. The second-order valence-electron chi connectivity index (χ2n) is 6.13. The zero-order valence-electron chi connectivity index (χ0n) is 11.9. The molecule has 1 aromatic rings. The lowest BCUT2D eigenvalue weighted by molar-refractivity contribution is -0.0846. The van der Waals surface area contributed by atoms with Crippen LogP contribution in [0.2, 0.25) is 0 Å². The standard InChI is InChI=1S/C14H20O4S/c1-8-6-9(11(19-8)12(15)16)17-10-7-13(2,3)18-14(10,4)5/h6,10H,7H2,1-5H3,(H,15,16). The van der Waals surface area contributed by atoms with Gasteiger partial charge in [0.25, 0.3) is 0 Å². The van der Waals surface area contributed by atoms with Crippen molar-refractivity contribution in [2.75, 3.05) is 0 Å². The van der Waals surface area contributed by atoms with Crippen LogP contribution in [0, 0.1) is 6.92 Å². The number of carbonyl (C=O) groups is 1. The monoisotopic (exact) mass is 284 g/mol. The summed E-state index contributed by atoms with van der Waals surface area (Å²) < 4.78 is 11.9. The molecule has 1 unspecified atom stereocenters. The Kier molecular flexibility index (Phi) is 3.39. The van der Waals surface area contributed by atoms with Crippen LogP contribution in [0.4, 0.5) is 0 Å². The first-order chi connectivity index (χ1) is 8.61. The van der Waals surface area contributed by atoms with Crippen LogP contribution in [0.15, 0.2) is 6.07 Å². The Morgan fingerprint density at radius 3 is 2.58 bits per heavy atom. The van der Waals surface area contributed by atoms with Gasteiger partial charge in [0.15, 0.2) is 4.88 Å². The number of hydrogen-bond donors (Lipinski definition) is 1. The Morgan fingerprint density at radius 2 is 2.11 bits per heavy atom. The molecule has 0 spiro atoms. The summed E-state index contributed by atoms with van der Waals surface area (Å²) in [6.07, 6.45) is 0.600. The summed E-state index contributed by atoms with van der Waals surface area (Å²) in [5, 5.41) is 9.18. The number of aromatic carboxylic acids is 1. The van der Waals surface area contributed by atoms with E-state index in [1.165, 1.54) is 11.3 Å². The normalized spacial score (nSPS) is 24.4. The largest absolute Gasteiger partial charge is 0.486 e. The number of aryl methyl sites for hydroxylation is 1. The van der Waals surface area contributed by atoms with Crippen LogP contribution >= 0.6 is 11.3 Å². The summed E-state index contributed by atoms with van der Waals surface area (Å²) in [5.74, 6) is -0.488. The molecule has 0 aromatic carbocycles. The highest BCUT2D eigenvalue weighted by Crippen LogP contribution is 2.41. The van der Waals surface area contributed by atoms with Gasteiger partial charge in [0, 0.05) is 11.3 Å². The third kappa shape index (κ3) is 2.92. The highest BCUT2D eigenvalue weighted by Gasteiger charge is 2.47. The maximum Gasteiger partial charge on any atom is 0.349 e. The fraction of sp³-hybridized carbons (Fsp3) is 0.643. The second kappa shape index (κ2) is 4.49. The molecule has 19 heavy (non-hydrogen) atoms. The van der Waals surface area contributed by atoms with E-state index in [1.807, 2.05) is 34.6 Å². The summed E-state index contributed by atoms with van der Waals surface area (Å²) in [5.41, 5.74) is -0.669. The van der Waals surface area contributed by atoms with E-state index in [2.05, 4.69) is 0 Å². The van der Waals surface area contributed by atoms with Crippen molar-refractivity contribution in [1.29, 1.82) is 0 Å². The summed E-state index contributed by atoms with van der Waals surface area (Å²) in [6.45, 7) is 9.88. The van der Waals surface area contributed by atoms with Crippen molar-refractivity contribution in [3.63, 3.8) is 0 Å². The fourth-order valence-electron chi connectivity index (χ4n) is 2.58. The third-order valence-electron chi connectivity index (χ3n) is 3.28. The molecule has 2 heterocycles. The molecular weight excluding hydrogens is 264 g/mol. The van der Waals surface area contributed by atoms with Crippen LogP contribution in [0.3, 0.4) is 0 Å². The summed E-state index contributed by atoms with van der Waals surface area (Å²) in [7, 11) is 0. The molecule has 1 atom stereocenters. The summed E-state index contributed by atoms with van der Waals surface area (Å²) in [4.78, 5) is 12.4. The van der Waals surface area contributed by atoms with Gasteiger partial charge in [0.1, 0.15) is 17.5 Å². The molecule has 4 nitrogen and oxygen atoms in total. The Balaban J connectivity index is 2.24. The van der Waals surface area contributed by atoms with Crippen molar-refractivity contribution in [3.8, 4) is 5.75 Å². The summed E-state index contributed by atoms with van der Waals surface area (Å²) in [6, 6.07) is 1.79. The first kappa shape index (κ1) is 14.3. The molecule has 0 radical (unpaired) electrons. The minimum Gasteiger partial charge on any atom is -0.486 e. The quantitative estimate of drug-likeness (QED) is 0.923. The highest BCUT2D eigenvalue weighted by molar-refractivity contribution is 7.14. The van der Waals surface area contributed by atoms with E-state index in [0.717, 1.165) is 11.3 Å². The smallest absolute Gasteiger partial charge is 0.349 e. The van der Waals surface area contributed by atoms with E-state index in [-0.39, 0.29) is 16.6 Å². The Labute approximate surface area is 117 Å². The van der Waals surface area contributed by atoms with Gasteiger partial charge in [-0.25, -0.2) is 4.79 Å². The molecule has 2 rings (SSSR count). The van der Waals surface area contributed by atoms with Gasteiger partial charge in [-0.1, -0.05) is 0 Å². The molecule has 1 aromatic heterocycles. The lowest BCUT2D eigenvalue weighted by atomic mass is 9.97. The van der Waals surface area contributed by atoms with E-state index >= 15 is 0 Å². The van der Waals surface area contributed by atoms with Crippen molar-refractivity contribution in [3.05, 3.63) is 15.8 Å². The van der Waals surface area contributed by atoms with E-state index in [4.69, 9.17) is 9.47 Å². The SMILES string of the molecule is Cc1cc(OC2CC(C)(C)OC2(C)C)c(C(=O)O)s1. The zero-order chi connectivity index (χ0) is 14.4. The van der Waals surface area contributed by atoms with Gasteiger partial charge in [-0.15, -0.1) is 11.3 Å². The van der Waals surface area contributed by atoms with Gasteiger partial charge < -0.3 is 14.6 Å². The molecule has 0 aliphatic carbocycles. The number of ether oxygens (including phenoxy) is 2. The second-order valence-corrected chi connectivity index (χ2v) is 7.39. The molecule has 1 aliphatic heterocycles. The predicted octanol–water partition coefficient (Wildman–Crippen LogP) is 3.48. The lowest BCUT2D eigenvalue weighted by Crippen LogP contribution is -2.36. The Bertz CT molecular complexity index is 502. The third-order valence-corrected chi connectivity index (χ3v) is 4.30. The van der Waals surface area contributed by atoms with E-state index in [9.17, 15) is 9.90 Å². The number of hydrogen-bond acceptors (Lipinski definition) is 4. The van der Waals surface area contributed by atoms with Crippen LogP contribution in [0.1, 0.15) is 48.7 Å². The van der Waals surface area contributed by atoms with Crippen molar-refractivity contribution in [2.45, 2.75) is 58.3 Å². The molecule has 1 fully saturated rings. The molecule has 0 amide bonds. The Hall–Kier alpha value is -1.07. The van der Waals surface area contributed by atoms with Crippen LogP contribution in [-0.4, -0.2) is 28.4 Å². The molecule has 1 saturated heterocycles. The van der Waals surface area contributed by atoms with Crippen LogP contribution < -0.4 is 4.74 Å². The topological polar surface area (TPSA) is 55.8 Å². The predicted molar refractivity (Wildman–Crippen MR) is 74.3 cm³/mol. The average molecular weight is 284 g/mol. The minimum atomic E-state index is -0.941. The molecule has 0 bridgehead atoms. The van der Waals surface area contributed by atoms with Crippen LogP contribution in [-0.2, 0) is 4.74 Å². The molecule has 1 aliphatic rings. The Morgan fingerprint density at radius 1 is 1.47 bits per heavy atom. The summed E-state index contributed by atoms with van der Waals surface area (Å²) >= 11 is 1.24. The van der Waals surface area contributed by atoms with Gasteiger partial charge in [0.2, 0.25) is 0 Å². The minimum absolute atomic E-state index is 0.144. The number of thiophene rings is 1. The van der Waals surface area contributed by atoms with Crippen molar-refractivity contribution in [1.82, 2.24) is 0 Å². The molecule has 0 saturated carbocycles. The van der Waals surface area contributed by atoms with Gasteiger partial charge in [-0.2, -0.15) is 0 Å². The average Bonchev–Trinajstić information content (AvgIpc) is 2.65. The van der Waals surface area contributed by atoms with Crippen molar-refractivity contribution in [2.24, 2.45) is 0 Å². The molecule has 106 valence electrons. The van der Waals surface area contributed by atoms with Crippen LogP contribution in [0.5, 0.6) is 5.75 Å². The lowest BCUT2D eigenvalue weighted by Gasteiger charge is -2.27. The molecule has 1 N–H and O–H groups in total. The van der Waals surface area contributed by atoms with Gasteiger partial charge in [-0.3, -0.25) is 0 Å². The molecule has 5 heteroatoms. The highest BCUT2D eigenvalue weighted by atomic mass is 32.1. The van der Waals surface area contributed by atoms with Gasteiger partial charge in [-0.05, 0) is 40.7 Å². The van der Waals surface area contributed by atoms with Gasteiger partial charge >= 0.3 is 5.97 Å². The van der Waals surface area contributed by atoms with E-state index in [0.29, 0.717) is 5.75 Å². The number of carboxylic acid groups (broad SMARTS) is 1. The van der Waals surface area contributed by atoms with E-state index < -0.39 is 11.6 Å². The first-order valence-corrected chi connectivity index (χ1v) is 7.13. The maximum atomic E-state index is 11.2. The van der Waals surface area contributed by atoms with Crippen molar-refractivity contribution >= 4 is 17.3 Å². The maximum absolute atomic E-state index is 11.2. The van der Waals surface area contributed by atoms with Crippen LogP contribution in [0.25, 0.3) is 0 Å². The number of carboxylic acids is 1. The fourth-order valence-corrected chi connectivity index (χ4v) is 3.36.